The Balaban J connectivity index is 0. The zero-order valence-corrected chi connectivity index (χ0v) is 11.5. The van der Waals surface area contributed by atoms with Gasteiger partial charge >= 0.3 is 0 Å². The Labute approximate surface area is 93.8 Å². The van der Waals surface area contributed by atoms with Gasteiger partial charge in [-0.3, -0.25) is 0 Å². The summed E-state index contributed by atoms with van der Waals surface area (Å²) in [4.78, 5) is 0. The van der Waals surface area contributed by atoms with Crippen LogP contribution in [0.1, 0.15) is 40.5 Å². The molecule has 2 heterocycles. The summed E-state index contributed by atoms with van der Waals surface area (Å²) in [5, 5.41) is 0. The Morgan fingerprint density at radius 1 is 0.857 bits per heavy atom. The second-order valence-corrected chi connectivity index (χ2v) is 6.00. The van der Waals surface area contributed by atoms with Crippen LogP contribution in [-0.2, 0) is 9.84 Å². The summed E-state index contributed by atoms with van der Waals surface area (Å²) in [5.74, 6) is 3.68. The smallest absolute Gasteiger partial charge is 0.150 e. The zero-order valence-electron chi connectivity index (χ0n) is 9.88. The summed E-state index contributed by atoms with van der Waals surface area (Å²) in [6.45, 7) is 8.00. The molecule has 0 aliphatic carbocycles. The topological polar surface area (TPSA) is 34.1 Å². The predicted octanol–water partition coefficient (Wildman–Crippen LogP) is 2.98. The lowest BCUT2D eigenvalue weighted by Crippen LogP contribution is -2.23. The summed E-state index contributed by atoms with van der Waals surface area (Å²) >= 11 is 2.04. The van der Waals surface area contributed by atoms with Crippen molar-refractivity contribution in [3.05, 3.63) is 0 Å². The van der Waals surface area contributed by atoms with Gasteiger partial charge in [-0.05, 0) is 24.3 Å². The molecule has 0 unspecified atom stereocenters. The third kappa shape index (κ3) is 10.4. The maximum atomic E-state index is 10.1. The Bertz CT molecular complexity index is 168. The van der Waals surface area contributed by atoms with Crippen LogP contribution in [0.25, 0.3) is 0 Å². The van der Waals surface area contributed by atoms with Crippen molar-refractivity contribution in [3.8, 4) is 0 Å². The third-order valence-corrected chi connectivity index (χ3v) is 4.46. The molecule has 2 aliphatic rings. The maximum Gasteiger partial charge on any atom is 0.150 e. The summed E-state index contributed by atoms with van der Waals surface area (Å²) in [6, 6.07) is 0. The van der Waals surface area contributed by atoms with Gasteiger partial charge in [0.2, 0.25) is 0 Å². The standard InChI is InChI=1S/C3H6O2S.C3H6S.2C2H6/c4-6(5)2-1-3-6;1-2-4-3-1;2*1-2/h1-3H2;1-3H2;2*1-2H3. The van der Waals surface area contributed by atoms with Gasteiger partial charge in [-0.2, -0.15) is 11.8 Å². The van der Waals surface area contributed by atoms with E-state index in [0.29, 0.717) is 11.5 Å². The average Bonchev–Trinajstić information content (AvgIpc) is 2.06. The molecule has 14 heavy (non-hydrogen) atoms. The van der Waals surface area contributed by atoms with Crippen LogP contribution in [0.15, 0.2) is 0 Å². The Morgan fingerprint density at radius 2 is 1.07 bits per heavy atom. The SMILES string of the molecule is C1CSC1.CC.CC.O=S1(=O)CCC1. The highest BCUT2D eigenvalue weighted by molar-refractivity contribution is 8.00. The van der Waals surface area contributed by atoms with Gasteiger partial charge in [0.15, 0.2) is 0 Å². The van der Waals surface area contributed by atoms with Crippen LogP contribution in [0.2, 0.25) is 0 Å². The quantitative estimate of drug-likeness (QED) is 0.653. The molecule has 0 atom stereocenters. The van der Waals surface area contributed by atoms with Crippen molar-refractivity contribution >= 4 is 21.6 Å². The lowest BCUT2D eigenvalue weighted by atomic mass is 10.5. The first kappa shape index (κ1) is 16.7. The van der Waals surface area contributed by atoms with Gasteiger partial charge in [0.25, 0.3) is 0 Å². The molecule has 0 aromatic rings. The molecule has 0 spiro atoms. The lowest BCUT2D eigenvalue weighted by Gasteiger charge is -2.09. The first-order chi connectivity index (χ1) is 6.71. The van der Waals surface area contributed by atoms with Gasteiger partial charge in [-0.1, -0.05) is 27.7 Å². The van der Waals surface area contributed by atoms with Gasteiger partial charge in [-0.25, -0.2) is 8.42 Å². The number of hydrogen-bond acceptors (Lipinski definition) is 3. The van der Waals surface area contributed by atoms with Gasteiger partial charge < -0.3 is 0 Å². The van der Waals surface area contributed by atoms with Crippen LogP contribution in [0.4, 0.5) is 0 Å². The third-order valence-electron chi connectivity index (χ3n) is 1.49. The monoisotopic (exact) mass is 240 g/mol. The van der Waals surface area contributed by atoms with E-state index in [1.807, 2.05) is 39.5 Å². The Kier molecular flexibility index (Phi) is 13.6. The van der Waals surface area contributed by atoms with Gasteiger partial charge in [0, 0.05) is 0 Å². The second-order valence-electron chi connectivity index (χ2n) is 2.47. The van der Waals surface area contributed by atoms with Gasteiger partial charge in [0.05, 0.1) is 11.5 Å². The fraction of sp³-hybridized carbons (Fsp3) is 1.00. The fourth-order valence-electron chi connectivity index (χ4n) is 0.524. The van der Waals surface area contributed by atoms with Crippen molar-refractivity contribution in [2.75, 3.05) is 23.0 Å². The van der Waals surface area contributed by atoms with Crippen LogP contribution < -0.4 is 0 Å². The number of hydrogen-bond donors (Lipinski definition) is 0. The van der Waals surface area contributed by atoms with E-state index in [4.69, 9.17) is 0 Å². The van der Waals surface area contributed by atoms with Crippen LogP contribution in [0.3, 0.4) is 0 Å². The van der Waals surface area contributed by atoms with Crippen molar-refractivity contribution in [1.82, 2.24) is 0 Å². The average molecular weight is 240 g/mol. The molecule has 2 rings (SSSR count). The van der Waals surface area contributed by atoms with E-state index in [1.165, 1.54) is 17.9 Å². The summed E-state index contributed by atoms with van der Waals surface area (Å²) in [6.07, 6.45) is 2.34. The van der Waals surface area contributed by atoms with Crippen molar-refractivity contribution in [3.63, 3.8) is 0 Å². The minimum absolute atomic E-state index is 0.424. The van der Waals surface area contributed by atoms with E-state index < -0.39 is 9.84 Å². The molecule has 2 saturated heterocycles. The number of sulfone groups is 1. The van der Waals surface area contributed by atoms with E-state index in [0.717, 1.165) is 6.42 Å². The van der Waals surface area contributed by atoms with Crippen molar-refractivity contribution in [2.24, 2.45) is 0 Å². The van der Waals surface area contributed by atoms with Gasteiger partial charge in [0.1, 0.15) is 9.84 Å². The largest absolute Gasteiger partial charge is 0.229 e. The fourth-order valence-corrected chi connectivity index (χ4v) is 1.57. The molecular weight excluding hydrogens is 216 g/mol. The highest BCUT2D eigenvalue weighted by Gasteiger charge is 2.19. The van der Waals surface area contributed by atoms with Crippen molar-refractivity contribution < 1.29 is 8.42 Å². The molecule has 2 fully saturated rings. The molecule has 0 amide bonds. The first-order valence-corrected chi connectivity index (χ1v) is 8.46. The molecule has 88 valence electrons. The summed E-state index contributed by atoms with van der Waals surface area (Å²) in [5.41, 5.74) is 0. The van der Waals surface area contributed by atoms with Crippen LogP contribution >= 0.6 is 11.8 Å². The molecule has 0 radical (unpaired) electrons. The molecule has 0 aromatic heterocycles. The zero-order chi connectivity index (χ0) is 11.4. The number of thioether (sulfide) groups is 1. The maximum absolute atomic E-state index is 10.1. The van der Waals surface area contributed by atoms with E-state index in [-0.39, 0.29) is 0 Å². The van der Waals surface area contributed by atoms with Gasteiger partial charge in [-0.15, -0.1) is 0 Å². The van der Waals surface area contributed by atoms with Crippen LogP contribution in [0.5, 0.6) is 0 Å². The van der Waals surface area contributed by atoms with Crippen molar-refractivity contribution in [1.29, 1.82) is 0 Å². The summed E-state index contributed by atoms with van der Waals surface area (Å²) < 4.78 is 20.2. The summed E-state index contributed by atoms with van der Waals surface area (Å²) in [7, 11) is -2.48. The van der Waals surface area contributed by atoms with Crippen molar-refractivity contribution in [2.45, 2.75) is 40.5 Å². The minimum Gasteiger partial charge on any atom is -0.229 e. The lowest BCUT2D eigenvalue weighted by molar-refractivity contribution is 0.580. The van der Waals surface area contributed by atoms with Crippen LogP contribution in [0, 0.1) is 0 Å². The molecule has 4 heteroatoms. The Hall–Kier alpha value is 0.300. The highest BCUT2D eigenvalue weighted by Crippen LogP contribution is 2.14. The second kappa shape index (κ2) is 11.4. The van der Waals surface area contributed by atoms with E-state index >= 15 is 0 Å². The molecular formula is C10H24O2S2. The molecule has 0 bridgehead atoms. The van der Waals surface area contributed by atoms with Crippen LogP contribution in [-0.4, -0.2) is 31.4 Å². The normalized spacial score (nSPS) is 20.0. The molecule has 2 nitrogen and oxygen atoms in total. The van der Waals surface area contributed by atoms with E-state index in [9.17, 15) is 8.42 Å². The van der Waals surface area contributed by atoms with E-state index in [2.05, 4.69) is 0 Å². The predicted molar refractivity (Wildman–Crippen MR) is 67.9 cm³/mol. The number of rotatable bonds is 0. The first-order valence-electron chi connectivity index (χ1n) is 5.49. The molecule has 0 saturated carbocycles. The molecule has 0 aromatic carbocycles. The Morgan fingerprint density at radius 3 is 1.07 bits per heavy atom. The molecule has 0 N–H and O–H groups in total. The molecule has 2 aliphatic heterocycles. The minimum atomic E-state index is -2.48. The highest BCUT2D eigenvalue weighted by atomic mass is 32.2. The van der Waals surface area contributed by atoms with E-state index in [1.54, 1.807) is 0 Å².